The Balaban J connectivity index is 1.78. The summed E-state index contributed by atoms with van der Waals surface area (Å²) in [5.74, 6) is -1.07. The lowest BCUT2D eigenvalue weighted by atomic mass is 9.87. The topological polar surface area (TPSA) is 55.8 Å². The highest BCUT2D eigenvalue weighted by molar-refractivity contribution is 14.1. The summed E-state index contributed by atoms with van der Waals surface area (Å²) in [7, 11) is 3.43. The molecule has 0 amide bonds. The van der Waals surface area contributed by atoms with E-state index in [1.54, 1.807) is 12.1 Å². The van der Waals surface area contributed by atoms with E-state index in [1.807, 2.05) is 19.2 Å². The van der Waals surface area contributed by atoms with E-state index in [0.29, 0.717) is 18.0 Å². The van der Waals surface area contributed by atoms with Crippen LogP contribution in [0.25, 0.3) is 0 Å². The Morgan fingerprint density at radius 2 is 1.91 bits per heavy atom. The van der Waals surface area contributed by atoms with Gasteiger partial charge in [0.25, 0.3) is 0 Å². The first-order valence-electron chi connectivity index (χ1n) is 7.77. The number of fused-ring (bicyclic) bond motifs is 2. The zero-order chi connectivity index (χ0) is 16.6. The predicted octanol–water partition coefficient (Wildman–Crippen LogP) is 2.47. The molecule has 0 radical (unpaired) electrons. The number of nitrogens with zero attached hydrogens (tertiary/aromatic N) is 1. The Morgan fingerprint density at radius 1 is 1.22 bits per heavy atom. The van der Waals surface area contributed by atoms with Crippen LogP contribution < -0.4 is 0 Å². The SMILES string of the molecule is COC(=O)C1C2CCC(C[C@@H]1OC(=O)c1ccc(I)cc1)N2C. The predicted molar refractivity (Wildman–Crippen MR) is 93.1 cm³/mol. The smallest absolute Gasteiger partial charge is 0.338 e. The molecule has 1 aromatic rings. The zero-order valence-electron chi connectivity index (χ0n) is 13.2. The Kier molecular flexibility index (Phi) is 4.91. The Bertz CT molecular complexity index is 603. The minimum absolute atomic E-state index is 0.0933. The molecule has 0 aromatic heterocycles. The van der Waals surface area contributed by atoms with Crippen LogP contribution in [0.2, 0.25) is 0 Å². The fourth-order valence-electron chi connectivity index (χ4n) is 3.78. The lowest BCUT2D eigenvalue weighted by Gasteiger charge is -2.40. The van der Waals surface area contributed by atoms with Gasteiger partial charge >= 0.3 is 11.9 Å². The molecule has 4 atom stereocenters. The average Bonchev–Trinajstić information content (AvgIpc) is 2.78. The van der Waals surface area contributed by atoms with E-state index in [-0.39, 0.29) is 18.0 Å². The van der Waals surface area contributed by atoms with Gasteiger partial charge in [0.2, 0.25) is 0 Å². The van der Waals surface area contributed by atoms with Crippen molar-refractivity contribution in [2.24, 2.45) is 5.92 Å². The monoisotopic (exact) mass is 429 g/mol. The number of benzene rings is 1. The van der Waals surface area contributed by atoms with Gasteiger partial charge in [0.05, 0.1) is 12.7 Å². The highest BCUT2D eigenvalue weighted by Crippen LogP contribution is 2.40. The van der Waals surface area contributed by atoms with Crippen molar-refractivity contribution in [3.63, 3.8) is 0 Å². The van der Waals surface area contributed by atoms with Gasteiger partial charge in [-0.25, -0.2) is 4.79 Å². The van der Waals surface area contributed by atoms with Crippen molar-refractivity contribution in [3.05, 3.63) is 33.4 Å². The van der Waals surface area contributed by atoms with Crippen molar-refractivity contribution in [2.75, 3.05) is 14.2 Å². The number of piperidine rings is 1. The third-order valence-electron chi connectivity index (χ3n) is 5.03. The molecule has 3 unspecified atom stereocenters. The third-order valence-corrected chi connectivity index (χ3v) is 5.75. The molecule has 0 N–H and O–H groups in total. The van der Waals surface area contributed by atoms with Crippen LogP contribution in [-0.2, 0) is 14.3 Å². The summed E-state index contributed by atoms with van der Waals surface area (Å²) in [5.41, 5.74) is 0.514. The maximum Gasteiger partial charge on any atom is 0.338 e. The summed E-state index contributed by atoms with van der Waals surface area (Å²) < 4.78 is 11.7. The van der Waals surface area contributed by atoms with Gasteiger partial charge in [0, 0.05) is 22.1 Å². The first-order valence-corrected chi connectivity index (χ1v) is 8.85. The van der Waals surface area contributed by atoms with Gasteiger partial charge in [-0.2, -0.15) is 0 Å². The summed E-state index contributed by atoms with van der Waals surface area (Å²) in [6.07, 6.45) is 2.25. The number of carbonyl (C=O) groups excluding carboxylic acids is 2. The molecule has 1 aromatic carbocycles. The van der Waals surface area contributed by atoms with E-state index in [0.717, 1.165) is 16.4 Å². The van der Waals surface area contributed by atoms with Crippen molar-refractivity contribution in [1.29, 1.82) is 0 Å². The van der Waals surface area contributed by atoms with Gasteiger partial charge < -0.3 is 9.47 Å². The number of esters is 2. The highest BCUT2D eigenvalue weighted by atomic mass is 127. The lowest BCUT2D eigenvalue weighted by molar-refractivity contribution is -0.156. The molecule has 2 bridgehead atoms. The quantitative estimate of drug-likeness (QED) is 0.546. The van der Waals surface area contributed by atoms with Crippen LogP contribution in [0.5, 0.6) is 0 Å². The number of hydrogen-bond acceptors (Lipinski definition) is 5. The van der Waals surface area contributed by atoms with Crippen LogP contribution in [0.4, 0.5) is 0 Å². The van der Waals surface area contributed by atoms with E-state index < -0.39 is 12.0 Å². The van der Waals surface area contributed by atoms with Crippen LogP contribution in [-0.4, -0.2) is 49.2 Å². The zero-order valence-corrected chi connectivity index (χ0v) is 15.4. The number of methoxy groups -OCH3 is 1. The molecule has 2 aliphatic heterocycles. The van der Waals surface area contributed by atoms with Crippen molar-refractivity contribution in [1.82, 2.24) is 4.90 Å². The molecular weight excluding hydrogens is 409 g/mol. The second kappa shape index (κ2) is 6.76. The molecule has 0 saturated carbocycles. The minimum Gasteiger partial charge on any atom is -0.469 e. The van der Waals surface area contributed by atoms with Gasteiger partial charge in [0.1, 0.15) is 12.0 Å². The molecule has 2 saturated heterocycles. The molecule has 5 nitrogen and oxygen atoms in total. The molecule has 2 heterocycles. The third kappa shape index (κ3) is 3.24. The lowest BCUT2D eigenvalue weighted by Crippen LogP contribution is -2.53. The molecule has 2 aliphatic rings. The number of halogens is 1. The van der Waals surface area contributed by atoms with E-state index >= 15 is 0 Å². The van der Waals surface area contributed by atoms with E-state index in [4.69, 9.17) is 9.47 Å². The average molecular weight is 429 g/mol. The van der Waals surface area contributed by atoms with Crippen LogP contribution >= 0.6 is 22.6 Å². The van der Waals surface area contributed by atoms with Gasteiger partial charge in [-0.15, -0.1) is 0 Å². The molecule has 3 rings (SSSR count). The van der Waals surface area contributed by atoms with Crippen LogP contribution in [0.1, 0.15) is 29.6 Å². The summed E-state index contributed by atoms with van der Waals surface area (Å²) >= 11 is 2.19. The van der Waals surface area contributed by atoms with Crippen LogP contribution in [0.15, 0.2) is 24.3 Å². The van der Waals surface area contributed by atoms with Crippen molar-refractivity contribution in [3.8, 4) is 0 Å². The van der Waals surface area contributed by atoms with Crippen LogP contribution in [0, 0.1) is 9.49 Å². The van der Waals surface area contributed by atoms with Crippen molar-refractivity contribution in [2.45, 2.75) is 37.5 Å². The minimum atomic E-state index is -0.414. The van der Waals surface area contributed by atoms with E-state index in [2.05, 4.69) is 27.5 Å². The molecule has 0 aliphatic carbocycles. The normalized spacial score (nSPS) is 30.0. The Morgan fingerprint density at radius 3 is 2.57 bits per heavy atom. The van der Waals surface area contributed by atoms with Crippen molar-refractivity contribution >= 4 is 34.5 Å². The second-order valence-corrected chi connectivity index (χ2v) is 7.44. The maximum absolute atomic E-state index is 12.4. The first-order chi connectivity index (χ1) is 11.0. The summed E-state index contributed by atoms with van der Waals surface area (Å²) in [4.78, 5) is 26.9. The summed E-state index contributed by atoms with van der Waals surface area (Å²) in [5, 5.41) is 0. The Hall–Kier alpha value is -1.15. The van der Waals surface area contributed by atoms with Crippen molar-refractivity contribution < 1.29 is 19.1 Å². The summed E-state index contributed by atoms with van der Waals surface area (Å²) in [6, 6.07) is 7.70. The molecule has 2 fully saturated rings. The standard InChI is InChI=1S/C17H20INO4/c1-19-12-7-8-13(19)15(17(21)22-2)14(9-12)23-16(20)10-3-5-11(18)6-4-10/h3-6,12-15H,7-9H2,1-2H3/t12?,13?,14-,15?/m0/s1. The first kappa shape index (κ1) is 16.7. The Labute approximate surface area is 149 Å². The summed E-state index contributed by atoms with van der Waals surface area (Å²) in [6.45, 7) is 0. The van der Waals surface area contributed by atoms with E-state index in [9.17, 15) is 9.59 Å². The highest BCUT2D eigenvalue weighted by Gasteiger charge is 2.50. The van der Waals surface area contributed by atoms with Gasteiger partial charge in [-0.1, -0.05) is 0 Å². The largest absolute Gasteiger partial charge is 0.469 e. The molecule has 23 heavy (non-hydrogen) atoms. The van der Waals surface area contributed by atoms with Gasteiger partial charge in [0.15, 0.2) is 0 Å². The number of hydrogen-bond donors (Lipinski definition) is 0. The molecule has 6 heteroatoms. The molecule has 0 spiro atoms. The van der Waals surface area contributed by atoms with Gasteiger partial charge in [-0.3, -0.25) is 9.69 Å². The number of carbonyl (C=O) groups is 2. The number of rotatable bonds is 3. The molecular formula is C17H20INO4. The van der Waals surface area contributed by atoms with Gasteiger partial charge in [-0.05, 0) is 66.7 Å². The second-order valence-electron chi connectivity index (χ2n) is 6.20. The van der Waals surface area contributed by atoms with Crippen LogP contribution in [0.3, 0.4) is 0 Å². The van der Waals surface area contributed by atoms with E-state index in [1.165, 1.54) is 7.11 Å². The fourth-order valence-corrected chi connectivity index (χ4v) is 4.14. The number of ether oxygens (including phenoxy) is 2. The molecule has 124 valence electrons. The maximum atomic E-state index is 12.4. The fraction of sp³-hybridized carbons (Fsp3) is 0.529.